The average molecular weight is 263 g/mol. The fourth-order valence-electron chi connectivity index (χ4n) is 3.34. The van der Waals surface area contributed by atoms with Crippen molar-refractivity contribution in [3.05, 3.63) is 11.6 Å². The highest BCUT2D eigenvalue weighted by Crippen LogP contribution is 2.31. The lowest BCUT2D eigenvalue weighted by molar-refractivity contribution is 0.106. The Balaban J connectivity index is 1.84. The van der Waals surface area contributed by atoms with Gasteiger partial charge in [0.15, 0.2) is 5.82 Å². The summed E-state index contributed by atoms with van der Waals surface area (Å²) in [4.78, 5) is 7.34. The van der Waals surface area contributed by atoms with Crippen molar-refractivity contribution in [3.8, 4) is 0 Å². The first-order valence-corrected chi connectivity index (χ1v) is 7.60. The van der Waals surface area contributed by atoms with Gasteiger partial charge < -0.3 is 5.73 Å². The van der Waals surface area contributed by atoms with E-state index in [-0.39, 0.29) is 6.04 Å². The number of piperidine rings is 1. The summed E-state index contributed by atoms with van der Waals surface area (Å²) >= 11 is 0. The fraction of sp³-hybridized carbons (Fsp3) is 0.857. The second kappa shape index (κ2) is 5.21. The summed E-state index contributed by atoms with van der Waals surface area (Å²) in [7, 11) is 0. The highest BCUT2D eigenvalue weighted by atomic mass is 15.4. The normalized spacial score (nSPS) is 28.6. The minimum Gasteiger partial charge on any atom is -0.326 e. The molecule has 2 unspecified atom stereocenters. The third kappa shape index (κ3) is 2.54. The molecule has 0 radical (unpaired) electrons. The highest BCUT2D eigenvalue weighted by Gasteiger charge is 2.30. The van der Waals surface area contributed by atoms with Crippen molar-refractivity contribution in [3.63, 3.8) is 0 Å². The molecule has 5 nitrogen and oxygen atoms in total. The summed E-state index contributed by atoms with van der Waals surface area (Å²) < 4.78 is 2.04. The Morgan fingerprint density at radius 2 is 2.11 bits per heavy atom. The highest BCUT2D eigenvalue weighted by molar-refractivity contribution is 5.03. The molecular weight excluding hydrogens is 238 g/mol. The molecule has 19 heavy (non-hydrogen) atoms. The monoisotopic (exact) mass is 263 g/mol. The second-order valence-electron chi connectivity index (χ2n) is 6.21. The first-order valence-electron chi connectivity index (χ1n) is 7.60. The van der Waals surface area contributed by atoms with Crippen LogP contribution in [0.1, 0.15) is 57.2 Å². The lowest BCUT2D eigenvalue weighted by Gasteiger charge is -2.36. The number of aryl methyl sites for hydroxylation is 1. The van der Waals surface area contributed by atoms with Crippen molar-refractivity contribution in [2.75, 3.05) is 6.54 Å². The van der Waals surface area contributed by atoms with E-state index < -0.39 is 0 Å². The van der Waals surface area contributed by atoms with Crippen molar-refractivity contribution in [2.24, 2.45) is 5.73 Å². The van der Waals surface area contributed by atoms with Crippen LogP contribution in [0.4, 0.5) is 0 Å². The number of aromatic nitrogens is 3. The number of nitrogens with zero attached hydrogens (tertiary/aromatic N) is 4. The Morgan fingerprint density at radius 1 is 1.26 bits per heavy atom. The Hall–Kier alpha value is -0.940. The van der Waals surface area contributed by atoms with Crippen molar-refractivity contribution in [1.82, 2.24) is 19.7 Å². The molecule has 0 aromatic carbocycles. The van der Waals surface area contributed by atoms with Crippen LogP contribution < -0.4 is 5.73 Å². The number of hydrogen-bond donors (Lipinski definition) is 1. The molecule has 5 heteroatoms. The maximum absolute atomic E-state index is 6.01. The number of hydrogen-bond acceptors (Lipinski definition) is 4. The zero-order valence-electron chi connectivity index (χ0n) is 12.0. The van der Waals surface area contributed by atoms with Crippen molar-refractivity contribution < 1.29 is 0 Å². The molecule has 1 aromatic heterocycles. The summed E-state index contributed by atoms with van der Waals surface area (Å²) in [6.45, 7) is 6.54. The Morgan fingerprint density at radius 3 is 2.89 bits per heavy atom. The van der Waals surface area contributed by atoms with Crippen LogP contribution in [0.3, 0.4) is 0 Å². The van der Waals surface area contributed by atoms with Gasteiger partial charge in [0, 0.05) is 18.5 Å². The summed E-state index contributed by atoms with van der Waals surface area (Å²) in [5.41, 5.74) is 6.01. The van der Waals surface area contributed by atoms with Gasteiger partial charge in [0.1, 0.15) is 5.82 Å². The van der Waals surface area contributed by atoms with Gasteiger partial charge in [-0.2, -0.15) is 5.10 Å². The van der Waals surface area contributed by atoms with Crippen LogP contribution in [0.25, 0.3) is 0 Å². The molecule has 0 amide bonds. The van der Waals surface area contributed by atoms with E-state index in [2.05, 4.69) is 18.7 Å². The Kier molecular flexibility index (Phi) is 3.58. The third-order valence-electron chi connectivity index (χ3n) is 4.42. The lowest BCUT2D eigenvalue weighted by atomic mass is 10.00. The maximum Gasteiger partial charge on any atom is 0.168 e. The van der Waals surface area contributed by atoms with E-state index in [1.54, 1.807) is 0 Å². The maximum atomic E-state index is 6.01. The van der Waals surface area contributed by atoms with Gasteiger partial charge in [-0.1, -0.05) is 6.42 Å². The molecule has 3 heterocycles. The Bertz CT molecular complexity index is 439. The van der Waals surface area contributed by atoms with Crippen LogP contribution >= 0.6 is 0 Å². The van der Waals surface area contributed by atoms with E-state index in [0.29, 0.717) is 12.1 Å². The SMILES string of the molecule is CC(C)N1CCCCC1c1nc2n(n1)CC(N)CC2. The lowest BCUT2D eigenvalue weighted by Crippen LogP contribution is -2.39. The summed E-state index contributed by atoms with van der Waals surface area (Å²) in [6, 6.07) is 1.21. The predicted molar refractivity (Wildman–Crippen MR) is 74.8 cm³/mol. The molecule has 3 rings (SSSR count). The van der Waals surface area contributed by atoms with Crippen molar-refractivity contribution >= 4 is 0 Å². The van der Waals surface area contributed by atoms with Crippen LogP contribution in [0.5, 0.6) is 0 Å². The molecule has 106 valence electrons. The zero-order valence-corrected chi connectivity index (χ0v) is 12.0. The van der Waals surface area contributed by atoms with Gasteiger partial charge in [-0.25, -0.2) is 9.67 Å². The topological polar surface area (TPSA) is 60.0 Å². The predicted octanol–water partition coefficient (Wildman–Crippen LogP) is 1.49. The van der Waals surface area contributed by atoms with Gasteiger partial charge in [0.05, 0.1) is 12.6 Å². The van der Waals surface area contributed by atoms with E-state index >= 15 is 0 Å². The molecular formula is C14H25N5. The van der Waals surface area contributed by atoms with Crippen LogP contribution in [-0.2, 0) is 13.0 Å². The quantitative estimate of drug-likeness (QED) is 0.878. The number of nitrogens with two attached hydrogens (primary N) is 1. The first-order chi connectivity index (χ1) is 9.15. The Labute approximate surface area is 115 Å². The van der Waals surface area contributed by atoms with Crippen LogP contribution in [0.2, 0.25) is 0 Å². The second-order valence-corrected chi connectivity index (χ2v) is 6.21. The number of rotatable bonds is 2. The summed E-state index contributed by atoms with van der Waals surface area (Å²) in [5, 5.41) is 4.74. The van der Waals surface area contributed by atoms with Gasteiger partial charge in [0.2, 0.25) is 0 Å². The molecule has 0 bridgehead atoms. The molecule has 0 spiro atoms. The molecule has 1 fully saturated rings. The molecule has 1 saturated heterocycles. The van der Waals surface area contributed by atoms with Gasteiger partial charge in [-0.15, -0.1) is 0 Å². The minimum atomic E-state index is 0.245. The average Bonchev–Trinajstić information content (AvgIpc) is 2.81. The summed E-state index contributed by atoms with van der Waals surface area (Å²) in [6.07, 6.45) is 5.79. The van der Waals surface area contributed by atoms with Crippen LogP contribution in [-0.4, -0.2) is 38.3 Å². The molecule has 2 aliphatic rings. The van der Waals surface area contributed by atoms with Crippen LogP contribution in [0, 0.1) is 0 Å². The van der Waals surface area contributed by atoms with E-state index in [1.807, 2.05) is 4.68 Å². The first kappa shape index (κ1) is 13.1. The van der Waals surface area contributed by atoms with E-state index in [0.717, 1.165) is 31.0 Å². The summed E-state index contributed by atoms with van der Waals surface area (Å²) in [5.74, 6) is 2.16. The van der Waals surface area contributed by atoms with Crippen molar-refractivity contribution in [1.29, 1.82) is 0 Å². The van der Waals surface area contributed by atoms with Crippen molar-refractivity contribution in [2.45, 2.75) is 70.6 Å². The number of likely N-dealkylation sites (tertiary alicyclic amines) is 1. The largest absolute Gasteiger partial charge is 0.326 e. The fourth-order valence-corrected chi connectivity index (χ4v) is 3.34. The molecule has 2 aliphatic heterocycles. The van der Waals surface area contributed by atoms with Gasteiger partial charge in [-0.05, 0) is 39.7 Å². The zero-order chi connectivity index (χ0) is 13.4. The molecule has 2 N–H and O–H groups in total. The van der Waals surface area contributed by atoms with E-state index in [4.69, 9.17) is 15.8 Å². The number of fused-ring (bicyclic) bond motifs is 1. The van der Waals surface area contributed by atoms with E-state index in [1.165, 1.54) is 25.8 Å². The smallest absolute Gasteiger partial charge is 0.168 e. The molecule has 0 aliphatic carbocycles. The standard InChI is InChI=1S/C14H25N5/c1-10(2)18-8-4-3-5-12(18)14-16-13-7-6-11(15)9-19(13)17-14/h10-12H,3-9,15H2,1-2H3. The molecule has 2 atom stereocenters. The van der Waals surface area contributed by atoms with Crippen LogP contribution in [0.15, 0.2) is 0 Å². The van der Waals surface area contributed by atoms with Gasteiger partial charge in [-0.3, -0.25) is 4.90 Å². The third-order valence-corrected chi connectivity index (χ3v) is 4.42. The van der Waals surface area contributed by atoms with Gasteiger partial charge in [0.25, 0.3) is 0 Å². The molecule has 0 saturated carbocycles. The van der Waals surface area contributed by atoms with Gasteiger partial charge >= 0.3 is 0 Å². The molecule has 1 aromatic rings. The van der Waals surface area contributed by atoms with E-state index in [9.17, 15) is 0 Å². The minimum absolute atomic E-state index is 0.245.